The van der Waals surface area contributed by atoms with E-state index >= 15 is 0 Å². The van der Waals surface area contributed by atoms with Gasteiger partial charge in [-0.2, -0.15) is 5.10 Å². The predicted molar refractivity (Wildman–Crippen MR) is 115 cm³/mol. The van der Waals surface area contributed by atoms with E-state index in [4.69, 9.17) is 19.9 Å². The molecule has 4 atom stereocenters. The molecular weight excluding hydrogens is 416 g/mol. The minimum absolute atomic E-state index is 0.247. The van der Waals surface area contributed by atoms with E-state index in [1.165, 1.54) is 17.3 Å². The first-order valence-electron chi connectivity index (χ1n) is 11.2. The molecule has 4 N–H and O–H groups in total. The highest BCUT2D eigenvalue weighted by Gasteiger charge is 2.54. The number of nitrogens with zero attached hydrogens (tertiary/aromatic N) is 3. The lowest BCUT2D eigenvalue weighted by Crippen LogP contribution is -2.40. The van der Waals surface area contributed by atoms with Gasteiger partial charge in [-0.3, -0.25) is 0 Å². The summed E-state index contributed by atoms with van der Waals surface area (Å²) < 4.78 is 18.5. The zero-order chi connectivity index (χ0) is 22.9. The molecule has 176 valence electrons. The van der Waals surface area contributed by atoms with E-state index in [9.17, 15) is 15.0 Å². The molecule has 1 saturated heterocycles. The lowest BCUT2D eigenvalue weighted by Gasteiger charge is -2.31. The van der Waals surface area contributed by atoms with E-state index in [2.05, 4.69) is 10.1 Å². The van der Waals surface area contributed by atoms with E-state index in [1.54, 1.807) is 19.1 Å². The molecule has 2 aromatic rings. The van der Waals surface area contributed by atoms with Crippen LogP contribution in [0.1, 0.15) is 64.5 Å². The third-order valence-electron chi connectivity index (χ3n) is 6.76. The molecule has 0 bridgehead atoms. The molecule has 10 nitrogen and oxygen atoms in total. The molecule has 1 aliphatic carbocycles. The lowest BCUT2D eigenvalue weighted by atomic mass is 9.88. The maximum absolute atomic E-state index is 12.4. The third-order valence-corrected chi connectivity index (χ3v) is 6.76. The van der Waals surface area contributed by atoms with Gasteiger partial charge in [-0.25, -0.2) is 14.3 Å². The standard InChI is InChI=1S/C22H32N4O6/c1-21(10-6-4-3-5-7-11-21)32-20(29)30-12-15-17(27)18(28)22(2,31-15)16-9-8-14-19(23)24-13-25-26(14)16/h8-9,13,15,17-18,27-28H,3-7,10-12H2,1-2H3,(H2,23,24,25)/t15-,17-,18-,22+/m1/s1. The van der Waals surface area contributed by atoms with Gasteiger partial charge in [-0.05, 0) is 51.7 Å². The Morgan fingerprint density at radius 3 is 2.62 bits per heavy atom. The van der Waals surface area contributed by atoms with Crippen molar-refractivity contribution in [2.75, 3.05) is 12.3 Å². The van der Waals surface area contributed by atoms with Crippen LogP contribution in [0.15, 0.2) is 18.5 Å². The smallest absolute Gasteiger partial charge is 0.431 e. The summed E-state index contributed by atoms with van der Waals surface area (Å²) in [6.07, 6.45) is 4.15. The highest BCUT2D eigenvalue weighted by atomic mass is 16.7. The number of aliphatic hydroxyl groups is 2. The Bertz CT molecular complexity index is 957. The lowest BCUT2D eigenvalue weighted by molar-refractivity contribution is -0.101. The fourth-order valence-electron chi connectivity index (χ4n) is 4.79. The van der Waals surface area contributed by atoms with Gasteiger partial charge in [0, 0.05) is 0 Å². The van der Waals surface area contributed by atoms with Crippen molar-refractivity contribution in [2.45, 2.75) is 88.3 Å². The van der Waals surface area contributed by atoms with E-state index in [1.807, 2.05) is 6.92 Å². The molecule has 0 spiro atoms. The van der Waals surface area contributed by atoms with Crippen molar-refractivity contribution in [3.05, 3.63) is 24.2 Å². The fourth-order valence-corrected chi connectivity index (χ4v) is 4.79. The Labute approximate surface area is 186 Å². The normalized spacial score (nSPS) is 30.6. The van der Waals surface area contributed by atoms with Crippen LogP contribution in [0.4, 0.5) is 10.6 Å². The second-order valence-electron chi connectivity index (χ2n) is 9.24. The first kappa shape index (κ1) is 22.8. The second kappa shape index (κ2) is 8.84. The van der Waals surface area contributed by atoms with Crippen LogP contribution in [0.3, 0.4) is 0 Å². The molecule has 10 heteroatoms. The van der Waals surface area contributed by atoms with E-state index in [0.29, 0.717) is 11.2 Å². The molecule has 2 aliphatic rings. The van der Waals surface area contributed by atoms with Crippen LogP contribution in [0.2, 0.25) is 0 Å². The van der Waals surface area contributed by atoms with Gasteiger partial charge in [0.1, 0.15) is 48.0 Å². The number of carbonyl (C=O) groups is 1. The van der Waals surface area contributed by atoms with Gasteiger partial charge < -0.3 is 30.2 Å². The Kier molecular flexibility index (Phi) is 6.28. The quantitative estimate of drug-likeness (QED) is 0.601. The number of ether oxygens (including phenoxy) is 3. The Balaban J connectivity index is 1.42. The molecular formula is C22H32N4O6. The number of aliphatic hydroxyl groups excluding tert-OH is 2. The third kappa shape index (κ3) is 4.26. The monoisotopic (exact) mass is 448 g/mol. The number of carbonyl (C=O) groups excluding carboxylic acids is 1. The topological polar surface area (TPSA) is 141 Å². The van der Waals surface area contributed by atoms with Gasteiger partial charge in [-0.15, -0.1) is 0 Å². The molecule has 2 fully saturated rings. The SMILES string of the molecule is CC1(OC(=O)OC[C@H]2O[C@@](C)(c3ccc4c(N)ncnn34)[C@H](O)[C@@H]2O)CCCCCCC1. The zero-order valence-electron chi connectivity index (χ0n) is 18.6. The highest BCUT2D eigenvalue weighted by Crippen LogP contribution is 2.40. The van der Waals surface area contributed by atoms with Crippen LogP contribution in [0.25, 0.3) is 5.52 Å². The number of nitrogen functional groups attached to an aromatic ring is 1. The maximum atomic E-state index is 12.4. The van der Waals surface area contributed by atoms with E-state index < -0.39 is 35.7 Å². The van der Waals surface area contributed by atoms with Crippen molar-refractivity contribution < 1.29 is 29.2 Å². The van der Waals surface area contributed by atoms with E-state index in [0.717, 1.165) is 38.5 Å². The Morgan fingerprint density at radius 2 is 1.91 bits per heavy atom. The molecule has 3 heterocycles. The van der Waals surface area contributed by atoms with Crippen LogP contribution >= 0.6 is 0 Å². The molecule has 2 aromatic heterocycles. The summed E-state index contributed by atoms with van der Waals surface area (Å²) in [7, 11) is 0. The summed E-state index contributed by atoms with van der Waals surface area (Å²) in [5.41, 5.74) is 5.11. The molecule has 0 aromatic carbocycles. The average Bonchev–Trinajstić information content (AvgIpc) is 3.27. The summed E-state index contributed by atoms with van der Waals surface area (Å²) >= 11 is 0. The molecule has 1 saturated carbocycles. The predicted octanol–water partition coefficient (Wildman–Crippen LogP) is 2.30. The van der Waals surface area contributed by atoms with Crippen molar-refractivity contribution in [3.63, 3.8) is 0 Å². The van der Waals surface area contributed by atoms with Crippen molar-refractivity contribution in [1.29, 1.82) is 0 Å². The first-order chi connectivity index (χ1) is 15.2. The molecule has 0 unspecified atom stereocenters. The number of aromatic nitrogens is 3. The zero-order valence-corrected chi connectivity index (χ0v) is 18.6. The van der Waals surface area contributed by atoms with Gasteiger partial charge >= 0.3 is 6.16 Å². The van der Waals surface area contributed by atoms with Crippen molar-refractivity contribution >= 4 is 17.5 Å². The number of hydrogen-bond donors (Lipinski definition) is 3. The van der Waals surface area contributed by atoms with Crippen LogP contribution < -0.4 is 5.73 Å². The number of anilines is 1. The van der Waals surface area contributed by atoms with Crippen molar-refractivity contribution in [2.24, 2.45) is 0 Å². The summed E-state index contributed by atoms with van der Waals surface area (Å²) in [6, 6.07) is 3.43. The molecule has 1 aliphatic heterocycles. The summed E-state index contributed by atoms with van der Waals surface area (Å²) in [6.45, 7) is 3.34. The number of hydrogen-bond acceptors (Lipinski definition) is 9. The maximum Gasteiger partial charge on any atom is 0.508 e. The van der Waals surface area contributed by atoms with Crippen LogP contribution in [0.5, 0.6) is 0 Å². The molecule has 32 heavy (non-hydrogen) atoms. The largest absolute Gasteiger partial charge is 0.508 e. The van der Waals surface area contributed by atoms with Crippen LogP contribution in [-0.4, -0.2) is 61.5 Å². The summed E-state index contributed by atoms with van der Waals surface area (Å²) in [4.78, 5) is 16.3. The van der Waals surface area contributed by atoms with Gasteiger partial charge in [0.2, 0.25) is 0 Å². The van der Waals surface area contributed by atoms with Crippen molar-refractivity contribution in [3.8, 4) is 0 Å². The number of rotatable bonds is 4. The fraction of sp³-hybridized carbons (Fsp3) is 0.682. The highest BCUT2D eigenvalue weighted by molar-refractivity contribution is 5.65. The van der Waals surface area contributed by atoms with Crippen LogP contribution in [-0.2, 0) is 19.8 Å². The number of nitrogens with two attached hydrogens (primary N) is 1. The Hall–Kier alpha value is -2.43. The first-order valence-corrected chi connectivity index (χ1v) is 11.2. The second-order valence-corrected chi connectivity index (χ2v) is 9.24. The summed E-state index contributed by atoms with van der Waals surface area (Å²) in [5, 5.41) is 25.6. The van der Waals surface area contributed by atoms with Crippen LogP contribution in [0, 0.1) is 0 Å². The van der Waals surface area contributed by atoms with E-state index in [-0.39, 0.29) is 12.4 Å². The summed E-state index contributed by atoms with van der Waals surface area (Å²) in [5.74, 6) is 0.285. The van der Waals surface area contributed by atoms with Crippen molar-refractivity contribution in [1.82, 2.24) is 14.6 Å². The molecule has 0 amide bonds. The van der Waals surface area contributed by atoms with Gasteiger partial charge in [0.05, 0.1) is 5.69 Å². The minimum atomic E-state index is -1.30. The van der Waals surface area contributed by atoms with Gasteiger partial charge in [0.25, 0.3) is 0 Å². The van der Waals surface area contributed by atoms with Gasteiger partial charge in [-0.1, -0.05) is 19.3 Å². The Morgan fingerprint density at radius 1 is 1.22 bits per heavy atom. The molecule has 0 radical (unpaired) electrons. The minimum Gasteiger partial charge on any atom is -0.431 e. The van der Waals surface area contributed by atoms with Gasteiger partial charge in [0.15, 0.2) is 5.82 Å². The number of fused-ring (bicyclic) bond motifs is 1. The average molecular weight is 449 g/mol. The molecule has 4 rings (SSSR count).